The first-order chi connectivity index (χ1) is 9.15. The third-order valence-electron chi connectivity index (χ3n) is 3.25. The molecule has 1 N–H and O–H groups in total. The van der Waals surface area contributed by atoms with Crippen LogP contribution in [0.4, 0.5) is 11.6 Å². The van der Waals surface area contributed by atoms with Gasteiger partial charge in [-0.15, -0.1) is 0 Å². The highest BCUT2D eigenvalue weighted by molar-refractivity contribution is 5.89. The maximum absolute atomic E-state index is 11.0. The lowest BCUT2D eigenvalue weighted by Crippen LogP contribution is -2.16. The van der Waals surface area contributed by atoms with Crippen molar-refractivity contribution in [2.24, 2.45) is 0 Å². The van der Waals surface area contributed by atoms with Crippen LogP contribution in [0.3, 0.4) is 0 Å². The molecule has 1 aromatic carbocycles. The lowest BCUT2D eigenvalue weighted by molar-refractivity contribution is 0.0697. The van der Waals surface area contributed by atoms with Crippen molar-refractivity contribution in [1.82, 2.24) is 9.97 Å². The molecule has 0 bridgehead atoms. The summed E-state index contributed by atoms with van der Waals surface area (Å²) < 4.78 is 0. The second-order valence-corrected chi connectivity index (χ2v) is 4.55. The van der Waals surface area contributed by atoms with Gasteiger partial charge in [0.25, 0.3) is 0 Å². The fourth-order valence-electron chi connectivity index (χ4n) is 2.31. The zero-order valence-corrected chi connectivity index (χ0v) is 10.5. The maximum atomic E-state index is 11.0. The van der Waals surface area contributed by atoms with Crippen LogP contribution >= 0.6 is 0 Å². The minimum absolute atomic E-state index is 0.325. The first-order valence-corrected chi connectivity index (χ1v) is 6.08. The lowest BCUT2D eigenvalue weighted by Gasteiger charge is -2.17. The number of aryl methyl sites for hydroxylation is 1. The van der Waals surface area contributed by atoms with Gasteiger partial charge in [0.15, 0.2) is 0 Å². The Hall–Kier alpha value is -2.43. The SMILES string of the molecule is Cc1ccnc(N2CCc3cc(C(=O)O)ccc32)n1. The minimum Gasteiger partial charge on any atom is -0.478 e. The van der Waals surface area contributed by atoms with Crippen LogP contribution in [0.5, 0.6) is 0 Å². The summed E-state index contributed by atoms with van der Waals surface area (Å²) in [5.41, 5.74) is 3.27. The van der Waals surface area contributed by atoms with E-state index < -0.39 is 5.97 Å². The van der Waals surface area contributed by atoms with E-state index in [0.29, 0.717) is 11.5 Å². The molecule has 0 radical (unpaired) electrons. The smallest absolute Gasteiger partial charge is 0.335 e. The number of aromatic nitrogens is 2. The van der Waals surface area contributed by atoms with E-state index in [1.165, 1.54) is 0 Å². The molecule has 5 heteroatoms. The molecular formula is C14H13N3O2. The maximum Gasteiger partial charge on any atom is 0.335 e. The number of carboxylic acids is 1. The highest BCUT2D eigenvalue weighted by Crippen LogP contribution is 2.33. The predicted molar refractivity (Wildman–Crippen MR) is 70.9 cm³/mol. The van der Waals surface area contributed by atoms with Crippen molar-refractivity contribution in [2.75, 3.05) is 11.4 Å². The number of carboxylic acid groups (broad SMARTS) is 1. The quantitative estimate of drug-likeness (QED) is 0.890. The molecule has 0 spiro atoms. The van der Waals surface area contributed by atoms with Crippen LogP contribution in [0.1, 0.15) is 21.6 Å². The van der Waals surface area contributed by atoms with Crippen molar-refractivity contribution in [3.8, 4) is 0 Å². The van der Waals surface area contributed by atoms with Crippen LogP contribution in [0.25, 0.3) is 0 Å². The fraction of sp³-hybridized carbons (Fsp3) is 0.214. The van der Waals surface area contributed by atoms with Crippen molar-refractivity contribution in [3.63, 3.8) is 0 Å². The average molecular weight is 255 g/mol. The van der Waals surface area contributed by atoms with Gasteiger partial charge in [-0.2, -0.15) is 0 Å². The van der Waals surface area contributed by atoms with E-state index in [9.17, 15) is 4.79 Å². The van der Waals surface area contributed by atoms with Gasteiger partial charge < -0.3 is 10.0 Å². The fourth-order valence-corrected chi connectivity index (χ4v) is 2.31. The highest BCUT2D eigenvalue weighted by atomic mass is 16.4. The van der Waals surface area contributed by atoms with Gasteiger partial charge in [0.1, 0.15) is 0 Å². The third kappa shape index (κ3) is 2.03. The molecule has 3 rings (SSSR count). The molecule has 1 aliphatic heterocycles. The summed E-state index contributed by atoms with van der Waals surface area (Å²) in [7, 11) is 0. The van der Waals surface area contributed by atoms with Gasteiger partial charge in [-0.1, -0.05) is 0 Å². The van der Waals surface area contributed by atoms with Gasteiger partial charge >= 0.3 is 5.97 Å². The Morgan fingerprint density at radius 1 is 1.37 bits per heavy atom. The van der Waals surface area contributed by atoms with Gasteiger partial charge in [0, 0.05) is 24.1 Å². The summed E-state index contributed by atoms with van der Waals surface area (Å²) >= 11 is 0. The molecule has 2 heterocycles. The number of hydrogen-bond acceptors (Lipinski definition) is 4. The van der Waals surface area contributed by atoms with Crippen molar-refractivity contribution < 1.29 is 9.90 Å². The van der Waals surface area contributed by atoms with Gasteiger partial charge in [0.05, 0.1) is 5.56 Å². The van der Waals surface area contributed by atoms with E-state index >= 15 is 0 Å². The molecule has 19 heavy (non-hydrogen) atoms. The normalized spacial score (nSPS) is 13.4. The minimum atomic E-state index is -0.895. The number of nitrogens with zero attached hydrogens (tertiary/aromatic N) is 3. The van der Waals surface area contributed by atoms with Crippen molar-refractivity contribution in [3.05, 3.63) is 47.3 Å². The summed E-state index contributed by atoms with van der Waals surface area (Å²) in [4.78, 5) is 21.7. The third-order valence-corrected chi connectivity index (χ3v) is 3.25. The zero-order chi connectivity index (χ0) is 13.4. The molecule has 0 amide bonds. The molecule has 96 valence electrons. The summed E-state index contributed by atoms with van der Waals surface area (Å²) in [5.74, 6) is -0.227. The van der Waals surface area contributed by atoms with Crippen LogP contribution in [-0.2, 0) is 6.42 Å². The van der Waals surface area contributed by atoms with Gasteiger partial charge in [-0.05, 0) is 43.2 Å². The Morgan fingerprint density at radius 3 is 2.95 bits per heavy atom. The Morgan fingerprint density at radius 2 is 2.21 bits per heavy atom. The van der Waals surface area contributed by atoms with Crippen LogP contribution in [0, 0.1) is 6.92 Å². The second kappa shape index (κ2) is 4.35. The van der Waals surface area contributed by atoms with E-state index in [0.717, 1.165) is 29.9 Å². The van der Waals surface area contributed by atoms with Crippen molar-refractivity contribution in [1.29, 1.82) is 0 Å². The lowest BCUT2D eigenvalue weighted by atomic mass is 10.1. The number of fused-ring (bicyclic) bond motifs is 1. The molecule has 0 saturated carbocycles. The standard InChI is InChI=1S/C14H13N3O2/c1-9-4-6-15-14(16-9)17-7-5-10-8-11(13(18)19)2-3-12(10)17/h2-4,6,8H,5,7H2,1H3,(H,18,19). The van der Waals surface area contributed by atoms with Crippen LogP contribution < -0.4 is 4.90 Å². The predicted octanol–water partition coefficient (Wildman–Crippen LogP) is 2.18. The average Bonchev–Trinajstić information content (AvgIpc) is 2.81. The Balaban J connectivity index is 2.01. The molecule has 2 aromatic rings. The van der Waals surface area contributed by atoms with E-state index in [4.69, 9.17) is 5.11 Å². The highest BCUT2D eigenvalue weighted by Gasteiger charge is 2.23. The van der Waals surface area contributed by atoms with Crippen LogP contribution in [0.2, 0.25) is 0 Å². The largest absolute Gasteiger partial charge is 0.478 e. The van der Waals surface area contributed by atoms with Crippen molar-refractivity contribution in [2.45, 2.75) is 13.3 Å². The van der Waals surface area contributed by atoms with Gasteiger partial charge in [-0.25, -0.2) is 14.8 Å². The Kier molecular flexibility index (Phi) is 2.67. The Bertz CT molecular complexity index is 655. The topological polar surface area (TPSA) is 66.3 Å². The molecule has 0 atom stereocenters. The van der Waals surface area contributed by atoms with Crippen molar-refractivity contribution >= 4 is 17.6 Å². The first-order valence-electron chi connectivity index (χ1n) is 6.08. The molecule has 0 unspecified atom stereocenters. The zero-order valence-electron chi connectivity index (χ0n) is 10.5. The number of carbonyl (C=O) groups is 1. The van der Waals surface area contributed by atoms with Crippen LogP contribution in [-0.4, -0.2) is 27.6 Å². The number of hydrogen-bond donors (Lipinski definition) is 1. The second-order valence-electron chi connectivity index (χ2n) is 4.55. The molecule has 0 saturated heterocycles. The molecule has 1 aromatic heterocycles. The monoisotopic (exact) mass is 255 g/mol. The Labute approximate surface area is 110 Å². The molecule has 0 aliphatic carbocycles. The number of benzene rings is 1. The molecule has 0 fully saturated rings. The first kappa shape index (κ1) is 11.6. The van der Waals surface area contributed by atoms with E-state index in [1.54, 1.807) is 18.3 Å². The van der Waals surface area contributed by atoms with Gasteiger partial charge in [0.2, 0.25) is 5.95 Å². The number of anilines is 2. The van der Waals surface area contributed by atoms with Gasteiger partial charge in [-0.3, -0.25) is 0 Å². The van der Waals surface area contributed by atoms with E-state index in [2.05, 4.69) is 9.97 Å². The van der Waals surface area contributed by atoms with E-state index in [1.807, 2.05) is 24.0 Å². The molecule has 5 nitrogen and oxygen atoms in total. The van der Waals surface area contributed by atoms with E-state index in [-0.39, 0.29) is 0 Å². The molecule has 1 aliphatic rings. The summed E-state index contributed by atoms with van der Waals surface area (Å²) in [6.07, 6.45) is 2.55. The summed E-state index contributed by atoms with van der Waals surface area (Å²) in [5, 5.41) is 9.00. The molecular weight excluding hydrogens is 242 g/mol. The van der Waals surface area contributed by atoms with Crippen LogP contribution in [0.15, 0.2) is 30.5 Å². The number of aromatic carboxylic acids is 1. The number of rotatable bonds is 2. The summed E-state index contributed by atoms with van der Waals surface area (Å²) in [6, 6.07) is 7.04. The summed E-state index contributed by atoms with van der Waals surface area (Å²) in [6.45, 7) is 2.71.